The molecule has 0 amide bonds. The van der Waals surface area contributed by atoms with Crippen molar-refractivity contribution < 1.29 is 13.2 Å². The first-order valence-corrected chi connectivity index (χ1v) is 4.59. The Morgan fingerprint density at radius 1 is 0.875 bits per heavy atom. The molecule has 0 radical (unpaired) electrons. The number of nitrogen functional groups attached to an aromatic ring is 1. The standard InChI is InChI=1S/C12H8F3N/c13-8-6-9(16)11(14)12(15)10(8)7-4-2-1-3-5-7/h1-6H,16H2. The molecule has 0 aliphatic carbocycles. The Bertz CT molecular complexity index is 524. The second kappa shape index (κ2) is 3.89. The smallest absolute Gasteiger partial charge is 0.182 e. The third-order valence-corrected chi connectivity index (χ3v) is 2.25. The number of halogens is 3. The summed E-state index contributed by atoms with van der Waals surface area (Å²) in [5, 5.41) is 0. The van der Waals surface area contributed by atoms with Crippen molar-refractivity contribution in [1.29, 1.82) is 0 Å². The molecule has 0 bridgehead atoms. The van der Waals surface area contributed by atoms with Crippen LogP contribution in [0.15, 0.2) is 36.4 Å². The number of rotatable bonds is 1. The number of anilines is 1. The van der Waals surface area contributed by atoms with Gasteiger partial charge in [0.25, 0.3) is 0 Å². The summed E-state index contributed by atoms with van der Waals surface area (Å²) >= 11 is 0. The predicted octanol–water partition coefficient (Wildman–Crippen LogP) is 3.35. The molecule has 0 unspecified atom stereocenters. The lowest BCUT2D eigenvalue weighted by molar-refractivity contribution is 0.502. The van der Waals surface area contributed by atoms with Gasteiger partial charge in [-0.05, 0) is 5.56 Å². The highest BCUT2D eigenvalue weighted by Crippen LogP contribution is 2.30. The van der Waals surface area contributed by atoms with Gasteiger partial charge in [-0.2, -0.15) is 0 Å². The quantitative estimate of drug-likeness (QED) is 0.582. The lowest BCUT2D eigenvalue weighted by atomic mass is 10.0. The minimum Gasteiger partial charge on any atom is -0.396 e. The summed E-state index contributed by atoms with van der Waals surface area (Å²) in [5.74, 6) is -3.36. The van der Waals surface area contributed by atoms with Gasteiger partial charge < -0.3 is 5.73 Å². The van der Waals surface area contributed by atoms with Crippen molar-refractivity contribution in [2.24, 2.45) is 0 Å². The lowest BCUT2D eigenvalue weighted by Crippen LogP contribution is -2.00. The van der Waals surface area contributed by atoms with Crippen LogP contribution in [0.25, 0.3) is 11.1 Å². The molecule has 0 aromatic heterocycles. The molecule has 82 valence electrons. The summed E-state index contributed by atoms with van der Waals surface area (Å²) in [7, 11) is 0. The summed E-state index contributed by atoms with van der Waals surface area (Å²) in [6.45, 7) is 0. The molecule has 0 fully saturated rings. The van der Waals surface area contributed by atoms with E-state index in [-0.39, 0.29) is 5.56 Å². The summed E-state index contributed by atoms with van der Waals surface area (Å²) in [6.07, 6.45) is 0. The van der Waals surface area contributed by atoms with E-state index in [0.717, 1.165) is 6.07 Å². The van der Waals surface area contributed by atoms with E-state index < -0.39 is 28.7 Å². The maximum absolute atomic E-state index is 13.5. The van der Waals surface area contributed by atoms with Crippen LogP contribution in [-0.4, -0.2) is 0 Å². The molecular weight excluding hydrogens is 215 g/mol. The van der Waals surface area contributed by atoms with Gasteiger partial charge in [0, 0.05) is 6.07 Å². The fourth-order valence-corrected chi connectivity index (χ4v) is 1.48. The molecule has 2 aromatic rings. The van der Waals surface area contributed by atoms with Crippen LogP contribution >= 0.6 is 0 Å². The van der Waals surface area contributed by atoms with Crippen molar-refractivity contribution in [3.63, 3.8) is 0 Å². The van der Waals surface area contributed by atoms with Gasteiger partial charge in [-0.3, -0.25) is 0 Å². The molecule has 2 aromatic carbocycles. The molecule has 16 heavy (non-hydrogen) atoms. The van der Waals surface area contributed by atoms with E-state index in [0.29, 0.717) is 0 Å². The van der Waals surface area contributed by atoms with Crippen molar-refractivity contribution in [2.75, 3.05) is 5.73 Å². The number of nitrogens with two attached hydrogens (primary N) is 1. The minimum atomic E-state index is -1.26. The Balaban J connectivity index is 2.71. The van der Waals surface area contributed by atoms with E-state index >= 15 is 0 Å². The van der Waals surface area contributed by atoms with E-state index in [9.17, 15) is 13.2 Å². The topological polar surface area (TPSA) is 26.0 Å². The van der Waals surface area contributed by atoms with Crippen molar-refractivity contribution in [2.45, 2.75) is 0 Å². The fourth-order valence-electron chi connectivity index (χ4n) is 1.48. The van der Waals surface area contributed by atoms with Gasteiger partial charge in [0.15, 0.2) is 11.6 Å². The Labute approximate surface area is 90.3 Å². The molecule has 0 heterocycles. The second-order valence-electron chi connectivity index (χ2n) is 3.32. The first-order chi connectivity index (χ1) is 7.61. The summed E-state index contributed by atoms with van der Waals surface area (Å²) in [4.78, 5) is 0. The van der Waals surface area contributed by atoms with Crippen molar-refractivity contribution in [3.05, 3.63) is 53.8 Å². The molecule has 0 aliphatic heterocycles. The van der Waals surface area contributed by atoms with E-state index in [1.807, 2.05) is 0 Å². The maximum atomic E-state index is 13.5. The number of hydrogen-bond acceptors (Lipinski definition) is 1. The Morgan fingerprint density at radius 3 is 2.12 bits per heavy atom. The van der Waals surface area contributed by atoms with Crippen molar-refractivity contribution in [3.8, 4) is 11.1 Å². The normalized spacial score (nSPS) is 10.4. The lowest BCUT2D eigenvalue weighted by Gasteiger charge is -2.07. The average molecular weight is 223 g/mol. The largest absolute Gasteiger partial charge is 0.396 e. The van der Waals surface area contributed by atoms with E-state index in [4.69, 9.17) is 5.73 Å². The average Bonchev–Trinajstić information content (AvgIpc) is 2.28. The van der Waals surface area contributed by atoms with Crippen LogP contribution in [0.2, 0.25) is 0 Å². The first-order valence-electron chi connectivity index (χ1n) is 4.59. The molecule has 0 saturated heterocycles. The van der Waals surface area contributed by atoms with Crippen LogP contribution in [-0.2, 0) is 0 Å². The van der Waals surface area contributed by atoms with E-state index in [1.165, 1.54) is 12.1 Å². The maximum Gasteiger partial charge on any atom is 0.182 e. The van der Waals surface area contributed by atoms with Crippen LogP contribution in [0.3, 0.4) is 0 Å². The van der Waals surface area contributed by atoms with Gasteiger partial charge in [0.05, 0.1) is 11.3 Å². The molecule has 1 nitrogen and oxygen atoms in total. The SMILES string of the molecule is Nc1cc(F)c(-c2ccccc2)c(F)c1F. The summed E-state index contributed by atoms with van der Waals surface area (Å²) in [6, 6.07) is 8.70. The summed E-state index contributed by atoms with van der Waals surface area (Å²) < 4.78 is 40.2. The van der Waals surface area contributed by atoms with Gasteiger partial charge in [0.1, 0.15) is 5.82 Å². The minimum absolute atomic E-state index is 0.274. The highest BCUT2D eigenvalue weighted by molar-refractivity contribution is 5.67. The highest BCUT2D eigenvalue weighted by Gasteiger charge is 2.18. The monoisotopic (exact) mass is 223 g/mol. The van der Waals surface area contributed by atoms with E-state index in [2.05, 4.69) is 0 Å². The summed E-state index contributed by atoms with van der Waals surface area (Å²) in [5.41, 5.74) is 4.46. The number of benzene rings is 2. The number of hydrogen-bond donors (Lipinski definition) is 1. The third-order valence-electron chi connectivity index (χ3n) is 2.25. The predicted molar refractivity (Wildman–Crippen MR) is 56.2 cm³/mol. The Morgan fingerprint density at radius 2 is 1.50 bits per heavy atom. The van der Waals surface area contributed by atoms with Crippen LogP contribution in [0.4, 0.5) is 18.9 Å². The van der Waals surface area contributed by atoms with Gasteiger partial charge in [-0.1, -0.05) is 30.3 Å². The zero-order chi connectivity index (χ0) is 11.7. The molecule has 2 N–H and O–H groups in total. The van der Waals surface area contributed by atoms with Crippen LogP contribution < -0.4 is 5.73 Å². The molecule has 0 spiro atoms. The molecule has 2 rings (SSSR count). The third kappa shape index (κ3) is 1.62. The molecular formula is C12H8F3N. The highest BCUT2D eigenvalue weighted by atomic mass is 19.2. The van der Waals surface area contributed by atoms with Gasteiger partial charge in [-0.25, -0.2) is 13.2 Å². The second-order valence-corrected chi connectivity index (χ2v) is 3.32. The fraction of sp³-hybridized carbons (Fsp3) is 0. The van der Waals surface area contributed by atoms with Crippen molar-refractivity contribution in [1.82, 2.24) is 0 Å². The molecule has 0 aliphatic rings. The Hall–Kier alpha value is -1.97. The molecule has 4 heteroatoms. The zero-order valence-electron chi connectivity index (χ0n) is 8.18. The van der Waals surface area contributed by atoms with Crippen LogP contribution in [0.5, 0.6) is 0 Å². The van der Waals surface area contributed by atoms with Gasteiger partial charge in [-0.15, -0.1) is 0 Å². The molecule has 0 atom stereocenters. The van der Waals surface area contributed by atoms with Gasteiger partial charge in [0.2, 0.25) is 0 Å². The van der Waals surface area contributed by atoms with Crippen LogP contribution in [0.1, 0.15) is 0 Å². The van der Waals surface area contributed by atoms with Crippen LogP contribution in [0, 0.1) is 17.5 Å². The van der Waals surface area contributed by atoms with Gasteiger partial charge >= 0.3 is 0 Å². The zero-order valence-corrected chi connectivity index (χ0v) is 8.18. The first kappa shape index (κ1) is 10.5. The molecule has 0 saturated carbocycles. The Kier molecular flexibility index (Phi) is 2.56. The van der Waals surface area contributed by atoms with Crippen molar-refractivity contribution >= 4 is 5.69 Å². The van der Waals surface area contributed by atoms with E-state index in [1.54, 1.807) is 18.2 Å².